The maximum atomic E-state index is 12.5. The number of aromatic nitrogens is 2. The number of hydrogen-bond acceptors (Lipinski definition) is 4. The molecule has 2 aromatic rings. The topological polar surface area (TPSA) is 61.2 Å². The molecule has 1 unspecified atom stereocenters. The highest BCUT2D eigenvalue weighted by atomic mass is 16.5. The van der Waals surface area contributed by atoms with Gasteiger partial charge in [-0.1, -0.05) is 12.1 Å². The van der Waals surface area contributed by atoms with Crippen LogP contribution >= 0.6 is 0 Å². The summed E-state index contributed by atoms with van der Waals surface area (Å²) < 4.78 is 6.93. The lowest BCUT2D eigenvalue weighted by molar-refractivity contribution is 0.0318. The van der Waals surface area contributed by atoms with E-state index in [4.69, 9.17) is 4.74 Å². The number of carbonyl (C=O) groups excluding carboxylic acids is 2. The molecule has 0 fully saturated rings. The molecule has 1 aromatic carbocycles. The molecular weight excluding hydrogens is 292 g/mol. The van der Waals surface area contributed by atoms with Crippen molar-refractivity contribution in [3.8, 4) is 0 Å². The van der Waals surface area contributed by atoms with Crippen molar-refractivity contribution in [1.82, 2.24) is 9.78 Å². The fraction of sp³-hybridized carbons (Fsp3) is 0.389. The summed E-state index contributed by atoms with van der Waals surface area (Å²) in [4.78, 5) is 24.7. The summed E-state index contributed by atoms with van der Waals surface area (Å²) >= 11 is 0. The first-order chi connectivity index (χ1) is 11.0. The molecule has 5 heteroatoms. The molecule has 0 radical (unpaired) electrons. The van der Waals surface area contributed by atoms with E-state index in [-0.39, 0.29) is 5.78 Å². The van der Waals surface area contributed by atoms with Gasteiger partial charge in [0.05, 0.1) is 6.20 Å². The summed E-state index contributed by atoms with van der Waals surface area (Å²) in [5.74, 6) is -0.688. The van der Waals surface area contributed by atoms with Crippen molar-refractivity contribution in [1.29, 1.82) is 0 Å². The maximum absolute atomic E-state index is 12.5. The van der Waals surface area contributed by atoms with Gasteiger partial charge in [-0.15, -0.1) is 0 Å². The van der Waals surface area contributed by atoms with Gasteiger partial charge >= 0.3 is 5.97 Å². The number of aryl methyl sites for hydroxylation is 3. The number of ketones is 1. The Kier molecular flexibility index (Phi) is 4.03. The molecular formula is C18H20N2O3. The maximum Gasteiger partial charge on any atom is 0.342 e. The third kappa shape index (κ3) is 2.91. The molecule has 5 nitrogen and oxygen atoms in total. The average molecular weight is 312 g/mol. The summed E-state index contributed by atoms with van der Waals surface area (Å²) in [5, 5.41) is 4.02. The van der Waals surface area contributed by atoms with Gasteiger partial charge in [0, 0.05) is 18.3 Å². The largest absolute Gasteiger partial charge is 0.451 e. The van der Waals surface area contributed by atoms with Crippen LogP contribution in [0.1, 0.15) is 50.9 Å². The van der Waals surface area contributed by atoms with Crippen molar-refractivity contribution < 1.29 is 14.3 Å². The Bertz CT molecular complexity index is 777. The van der Waals surface area contributed by atoms with Gasteiger partial charge in [-0.05, 0) is 50.3 Å². The second kappa shape index (κ2) is 5.99. The molecule has 0 saturated carbocycles. The monoisotopic (exact) mass is 312 g/mol. The number of ether oxygens (including phenoxy) is 1. The van der Waals surface area contributed by atoms with Crippen LogP contribution in [0.25, 0.3) is 0 Å². The lowest BCUT2D eigenvalue weighted by atomic mass is 10.0. The molecule has 1 atom stereocenters. The zero-order valence-electron chi connectivity index (χ0n) is 13.6. The first-order valence-electron chi connectivity index (χ1n) is 7.83. The molecule has 0 N–H and O–H groups in total. The molecule has 120 valence electrons. The van der Waals surface area contributed by atoms with Crippen LogP contribution in [-0.2, 0) is 24.6 Å². The van der Waals surface area contributed by atoms with E-state index in [0.717, 1.165) is 19.3 Å². The van der Waals surface area contributed by atoms with Crippen LogP contribution in [0.5, 0.6) is 0 Å². The number of Topliss-reactive ketones (excluding diaryl/α,β-unsaturated/α-hetero) is 1. The van der Waals surface area contributed by atoms with Crippen molar-refractivity contribution in [2.45, 2.75) is 39.2 Å². The van der Waals surface area contributed by atoms with E-state index in [0.29, 0.717) is 16.8 Å². The van der Waals surface area contributed by atoms with E-state index in [9.17, 15) is 9.59 Å². The minimum absolute atomic E-state index is 0.172. The van der Waals surface area contributed by atoms with E-state index < -0.39 is 12.1 Å². The number of esters is 1. The summed E-state index contributed by atoms with van der Waals surface area (Å²) in [7, 11) is 1.76. The molecule has 0 amide bonds. The molecule has 0 aliphatic heterocycles. The van der Waals surface area contributed by atoms with E-state index in [2.05, 4.69) is 5.10 Å². The molecule has 23 heavy (non-hydrogen) atoms. The number of carbonyl (C=O) groups is 2. The van der Waals surface area contributed by atoms with Gasteiger partial charge in [-0.25, -0.2) is 4.79 Å². The highest BCUT2D eigenvalue weighted by Gasteiger charge is 2.23. The van der Waals surface area contributed by atoms with Crippen molar-refractivity contribution in [2.24, 2.45) is 7.05 Å². The summed E-state index contributed by atoms with van der Waals surface area (Å²) in [6, 6.07) is 5.77. The second-order valence-electron chi connectivity index (χ2n) is 6.02. The van der Waals surface area contributed by atoms with Crippen LogP contribution in [0.15, 0.2) is 24.4 Å². The lowest BCUT2D eigenvalue weighted by Gasteiger charge is -2.13. The standard InChI is InChI=1S/C18H20N2O3/c1-11-16(10-19-20(11)3)18(22)23-12(2)17(21)15-8-7-13-5-4-6-14(13)9-15/h7-10,12H,4-6H2,1-3H3. The van der Waals surface area contributed by atoms with Crippen molar-refractivity contribution >= 4 is 11.8 Å². The van der Waals surface area contributed by atoms with Crippen LogP contribution < -0.4 is 0 Å². The fourth-order valence-electron chi connectivity index (χ4n) is 2.94. The van der Waals surface area contributed by atoms with E-state index in [1.54, 1.807) is 25.6 Å². The first kappa shape index (κ1) is 15.5. The number of hydrogen-bond donors (Lipinski definition) is 0. The van der Waals surface area contributed by atoms with Gasteiger partial charge in [-0.2, -0.15) is 5.10 Å². The van der Waals surface area contributed by atoms with Gasteiger partial charge < -0.3 is 4.74 Å². The fourth-order valence-corrected chi connectivity index (χ4v) is 2.94. The number of fused-ring (bicyclic) bond motifs is 1. The molecule has 1 aliphatic rings. The van der Waals surface area contributed by atoms with Crippen LogP contribution in [0.4, 0.5) is 0 Å². The van der Waals surface area contributed by atoms with Crippen LogP contribution in [-0.4, -0.2) is 27.6 Å². The minimum Gasteiger partial charge on any atom is -0.451 e. The third-order valence-electron chi connectivity index (χ3n) is 4.49. The smallest absolute Gasteiger partial charge is 0.342 e. The summed E-state index contributed by atoms with van der Waals surface area (Å²) in [6.07, 6.45) is 3.87. The number of nitrogens with zero attached hydrogens (tertiary/aromatic N) is 2. The predicted octanol–water partition coefficient (Wildman–Crippen LogP) is 2.65. The molecule has 3 rings (SSSR count). The van der Waals surface area contributed by atoms with E-state index >= 15 is 0 Å². The van der Waals surface area contributed by atoms with E-state index in [1.807, 2.05) is 18.2 Å². The van der Waals surface area contributed by atoms with E-state index in [1.165, 1.54) is 17.3 Å². The molecule has 0 spiro atoms. The summed E-state index contributed by atoms with van der Waals surface area (Å²) in [6.45, 7) is 3.40. The SMILES string of the molecule is Cc1c(C(=O)OC(C)C(=O)c2ccc3c(c2)CCC3)cnn1C. The number of rotatable bonds is 4. The molecule has 0 bridgehead atoms. The van der Waals surface area contributed by atoms with Gasteiger partial charge in [-0.3, -0.25) is 9.48 Å². The lowest BCUT2D eigenvalue weighted by Crippen LogP contribution is -2.24. The Balaban J connectivity index is 1.72. The van der Waals surface area contributed by atoms with Gasteiger partial charge in [0.25, 0.3) is 0 Å². The van der Waals surface area contributed by atoms with Gasteiger partial charge in [0.2, 0.25) is 5.78 Å². The van der Waals surface area contributed by atoms with Gasteiger partial charge in [0.1, 0.15) is 5.56 Å². The molecule has 1 aliphatic carbocycles. The zero-order valence-corrected chi connectivity index (χ0v) is 13.6. The van der Waals surface area contributed by atoms with Crippen LogP contribution in [0.2, 0.25) is 0 Å². The minimum atomic E-state index is -0.818. The Hall–Kier alpha value is -2.43. The average Bonchev–Trinajstić information content (AvgIpc) is 3.13. The van der Waals surface area contributed by atoms with Crippen LogP contribution in [0, 0.1) is 6.92 Å². The Morgan fingerprint density at radius 3 is 2.70 bits per heavy atom. The van der Waals surface area contributed by atoms with Crippen LogP contribution in [0.3, 0.4) is 0 Å². The zero-order chi connectivity index (χ0) is 16.6. The molecule has 1 aromatic heterocycles. The normalized spacial score (nSPS) is 14.4. The second-order valence-corrected chi connectivity index (χ2v) is 6.02. The Morgan fingerprint density at radius 2 is 2.00 bits per heavy atom. The molecule has 0 saturated heterocycles. The molecule has 1 heterocycles. The van der Waals surface area contributed by atoms with Crippen molar-refractivity contribution in [2.75, 3.05) is 0 Å². The Labute approximate surface area is 135 Å². The summed E-state index contributed by atoms with van der Waals surface area (Å²) in [5.41, 5.74) is 4.26. The van der Waals surface area contributed by atoms with Crippen molar-refractivity contribution in [3.63, 3.8) is 0 Å². The number of benzene rings is 1. The van der Waals surface area contributed by atoms with Gasteiger partial charge in [0.15, 0.2) is 6.10 Å². The Morgan fingerprint density at radius 1 is 1.26 bits per heavy atom. The third-order valence-corrected chi connectivity index (χ3v) is 4.49. The predicted molar refractivity (Wildman–Crippen MR) is 85.6 cm³/mol. The first-order valence-corrected chi connectivity index (χ1v) is 7.83. The van der Waals surface area contributed by atoms with Crippen molar-refractivity contribution in [3.05, 3.63) is 52.3 Å². The quantitative estimate of drug-likeness (QED) is 0.643. The highest BCUT2D eigenvalue weighted by molar-refractivity contribution is 6.01. The highest BCUT2D eigenvalue weighted by Crippen LogP contribution is 2.23.